The van der Waals surface area contributed by atoms with Gasteiger partial charge in [-0.1, -0.05) is 109 Å². The number of hydrogen-bond acceptors (Lipinski definition) is 1. The highest BCUT2D eigenvalue weighted by atomic mass is 15.1. The smallest absolute Gasteiger partial charge is 0.0468 e. The number of hydrogen-bond donors (Lipinski definition) is 0. The second kappa shape index (κ2) is 10.7. The molecule has 0 radical (unpaired) electrons. The average Bonchev–Trinajstić information content (AvgIpc) is 3.00. The molecule has 0 amide bonds. The predicted molar refractivity (Wildman–Crippen MR) is 177 cm³/mol. The molecule has 0 aliphatic carbocycles. The maximum Gasteiger partial charge on any atom is 0.0468 e. The Hall–Kier alpha value is -4.88. The van der Waals surface area contributed by atoms with E-state index in [0.717, 1.165) is 28.2 Å². The molecule has 0 spiro atoms. The molecule has 0 aliphatic heterocycles. The van der Waals surface area contributed by atoms with Crippen molar-refractivity contribution >= 4 is 60.5 Å². The van der Waals surface area contributed by atoms with Crippen LogP contribution in [0.5, 0.6) is 0 Å². The Kier molecular flexibility index (Phi) is 6.80. The minimum Gasteiger partial charge on any atom is -0.310 e. The van der Waals surface area contributed by atoms with Crippen LogP contribution in [0.2, 0.25) is 0 Å². The minimum absolute atomic E-state index is 1.06. The number of fused-ring (bicyclic) bond motifs is 5. The van der Waals surface area contributed by atoms with Crippen LogP contribution in [-0.2, 0) is 0 Å². The Morgan fingerprint density at radius 2 is 1.12 bits per heavy atom. The van der Waals surface area contributed by atoms with E-state index in [1.54, 1.807) is 0 Å². The van der Waals surface area contributed by atoms with Crippen molar-refractivity contribution in [2.24, 2.45) is 0 Å². The molecule has 0 bridgehead atoms. The molecule has 6 aromatic carbocycles. The monoisotopic (exact) mass is 515 g/mol. The van der Waals surface area contributed by atoms with Crippen molar-refractivity contribution in [1.82, 2.24) is 0 Å². The Balaban J connectivity index is 1.54. The van der Waals surface area contributed by atoms with E-state index in [4.69, 9.17) is 0 Å². The first-order valence-electron chi connectivity index (χ1n) is 13.9. The highest BCUT2D eigenvalue weighted by molar-refractivity contribution is 6.17. The third-order valence-corrected chi connectivity index (χ3v) is 7.72. The van der Waals surface area contributed by atoms with Crippen LogP contribution >= 0.6 is 0 Å². The third-order valence-electron chi connectivity index (χ3n) is 7.72. The SMILES string of the molecule is C=C(C)c1ccc(N(c2ccc(C(/C=C\C)=C/C)cc2)c2ccc3ccc4c5ccccc5ccc4c3c2)cc1. The summed E-state index contributed by atoms with van der Waals surface area (Å²) in [4.78, 5) is 2.34. The molecule has 0 fully saturated rings. The lowest BCUT2D eigenvalue weighted by molar-refractivity contribution is 1.28. The van der Waals surface area contributed by atoms with Crippen LogP contribution in [-0.4, -0.2) is 0 Å². The van der Waals surface area contributed by atoms with Crippen molar-refractivity contribution in [2.75, 3.05) is 4.90 Å². The normalized spacial score (nSPS) is 12.0. The topological polar surface area (TPSA) is 3.24 Å². The molecule has 194 valence electrons. The highest BCUT2D eigenvalue weighted by Gasteiger charge is 2.15. The maximum absolute atomic E-state index is 4.13. The lowest BCUT2D eigenvalue weighted by Crippen LogP contribution is -2.10. The van der Waals surface area contributed by atoms with Gasteiger partial charge in [0.15, 0.2) is 0 Å². The third kappa shape index (κ3) is 4.61. The van der Waals surface area contributed by atoms with Gasteiger partial charge in [0.2, 0.25) is 0 Å². The summed E-state index contributed by atoms with van der Waals surface area (Å²) < 4.78 is 0. The second-order valence-electron chi connectivity index (χ2n) is 10.3. The fourth-order valence-electron chi connectivity index (χ4n) is 5.63. The highest BCUT2D eigenvalue weighted by Crippen LogP contribution is 2.39. The largest absolute Gasteiger partial charge is 0.310 e. The number of benzene rings is 6. The van der Waals surface area contributed by atoms with Gasteiger partial charge in [-0.15, -0.1) is 0 Å². The first kappa shape index (κ1) is 25.4. The lowest BCUT2D eigenvalue weighted by Gasteiger charge is -2.26. The van der Waals surface area contributed by atoms with Crippen molar-refractivity contribution in [1.29, 1.82) is 0 Å². The molecule has 1 nitrogen and oxygen atoms in total. The maximum atomic E-state index is 4.13. The van der Waals surface area contributed by atoms with Crippen molar-refractivity contribution in [3.8, 4) is 0 Å². The summed E-state index contributed by atoms with van der Waals surface area (Å²) in [6, 6.07) is 42.0. The van der Waals surface area contributed by atoms with E-state index in [0.29, 0.717) is 0 Å². The van der Waals surface area contributed by atoms with Gasteiger partial charge in [0.25, 0.3) is 0 Å². The van der Waals surface area contributed by atoms with Crippen molar-refractivity contribution in [3.05, 3.63) is 151 Å². The Labute approximate surface area is 237 Å². The molecule has 6 aromatic rings. The molecule has 0 saturated carbocycles. The number of allylic oxidation sites excluding steroid dienone is 5. The van der Waals surface area contributed by atoms with Gasteiger partial charge in [0.1, 0.15) is 0 Å². The summed E-state index contributed by atoms with van der Waals surface area (Å²) in [5, 5.41) is 7.61. The van der Waals surface area contributed by atoms with E-state index in [-0.39, 0.29) is 0 Å². The molecular weight excluding hydrogens is 482 g/mol. The molecule has 40 heavy (non-hydrogen) atoms. The van der Waals surface area contributed by atoms with E-state index < -0.39 is 0 Å². The van der Waals surface area contributed by atoms with E-state index in [1.807, 2.05) is 6.92 Å². The van der Waals surface area contributed by atoms with Crippen LogP contribution in [0.3, 0.4) is 0 Å². The van der Waals surface area contributed by atoms with Gasteiger partial charge < -0.3 is 4.90 Å². The summed E-state index contributed by atoms with van der Waals surface area (Å²) in [7, 11) is 0. The summed E-state index contributed by atoms with van der Waals surface area (Å²) >= 11 is 0. The Bertz CT molecular complexity index is 1920. The Morgan fingerprint density at radius 1 is 0.575 bits per heavy atom. The van der Waals surface area contributed by atoms with Gasteiger partial charge >= 0.3 is 0 Å². The molecule has 0 aromatic heterocycles. The zero-order valence-corrected chi connectivity index (χ0v) is 23.4. The number of nitrogens with zero attached hydrogens (tertiary/aromatic N) is 1. The zero-order chi connectivity index (χ0) is 27.6. The van der Waals surface area contributed by atoms with E-state index in [1.165, 1.54) is 43.5 Å². The molecule has 0 unspecified atom stereocenters. The average molecular weight is 516 g/mol. The second-order valence-corrected chi connectivity index (χ2v) is 10.3. The van der Waals surface area contributed by atoms with Crippen molar-refractivity contribution in [2.45, 2.75) is 20.8 Å². The standard InChI is InChI=1S/C39H33N/c1-5-9-28(6-2)30-14-21-34(22-15-30)40(33-19-12-29(13-20-33)27(3)4)35-23-16-32-18-24-37-36-11-8-7-10-31(36)17-25-38(37)39(32)26-35/h5-26H,3H2,1-2,4H3/b9-5-,28-6+. The van der Waals surface area contributed by atoms with Gasteiger partial charge in [-0.3, -0.25) is 0 Å². The van der Waals surface area contributed by atoms with E-state index >= 15 is 0 Å². The quantitative estimate of drug-likeness (QED) is 0.157. The first-order chi connectivity index (χ1) is 19.6. The van der Waals surface area contributed by atoms with Crippen LogP contribution < -0.4 is 4.90 Å². The number of anilines is 3. The molecule has 0 heterocycles. The summed E-state index contributed by atoms with van der Waals surface area (Å²) in [6.45, 7) is 10.3. The fraction of sp³-hybridized carbons (Fsp3) is 0.0769. The first-order valence-corrected chi connectivity index (χ1v) is 13.9. The van der Waals surface area contributed by atoms with Gasteiger partial charge in [-0.05, 0) is 106 Å². The molecular formula is C39H33N. The molecule has 0 atom stereocenters. The molecule has 0 saturated heterocycles. The molecule has 0 aliphatic rings. The van der Waals surface area contributed by atoms with Crippen LogP contribution in [0.15, 0.2) is 140 Å². The lowest BCUT2D eigenvalue weighted by atomic mass is 9.96. The van der Waals surface area contributed by atoms with Gasteiger partial charge in [0.05, 0.1) is 0 Å². The molecule has 6 rings (SSSR count). The predicted octanol–water partition coefficient (Wildman–Crippen LogP) is 11.6. The molecule has 1 heteroatoms. The summed E-state index contributed by atoms with van der Waals surface area (Å²) in [6.07, 6.45) is 6.39. The summed E-state index contributed by atoms with van der Waals surface area (Å²) in [5.41, 5.74) is 8.00. The van der Waals surface area contributed by atoms with Crippen LogP contribution in [0.4, 0.5) is 17.1 Å². The van der Waals surface area contributed by atoms with Gasteiger partial charge in [-0.25, -0.2) is 0 Å². The zero-order valence-electron chi connectivity index (χ0n) is 23.4. The number of rotatable bonds is 6. The van der Waals surface area contributed by atoms with E-state index in [9.17, 15) is 0 Å². The summed E-state index contributed by atoms with van der Waals surface area (Å²) in [5.74, 6) is 0. The molecule has 0 N–H and O–H groups in total. The van der Waals surface area contributed by atoms with Crippen LogP contribution in [0.1, 0.15) is 31.9 Å². The van der Waals surface area contributed by atoms with Gasteiger partial charge in [-0.2, -0.15) is 0 Å². The van der Waals surface area contributed by atoms with Crippen molar-refractivity contribution in [3.63, 3.8) is 0 Å². The minimum atomic E-state index is 1.06. The fourth-order valence-corrected chi connectivity index (χ4v) is 5.63. The van der Waals surface area contributed by atoms with Crippen LogP contribution in [0.25, 0.3) is 43.5 Å². The Morgan fingerprint density at radius 3 is 1.75 bits per heavy atom. The van der Waals surface area contributed by atoms with Gasteiger partial charge in [0, 0.05) is 17.1 Å². The van der Waals surface area contributed by atoms with E-state index in [2.05, 4.69) is 159 Å². The van der Waals surface area contributed by atoms with Crippen LogP contribution in [0, 0.1) is 0 Å². The van der Waals surface area contributed by atoms with Crippen molar-refractivity contribution < 1.29 is 0 Å².